The highest BCUT2D eigenvalue weighted by Crippen LogP contribution is 2.34. The van der Waals surface area contributed by atoms with Gasteiger partial charge in [0.05, 0.1) is 19.1 Å². The van der Waals surface area contributed by atoms with Crippen molar-refractivity contribution in [3.8, 4) is 11.5 Å². The second-order valence-corrected chi connectivity index (χ2v) is 8.64. The molecule has 0 aromatic heterocycles. The van der Waals surface area contributed by atoms with Crippen LogP contribution >= 0.6 is 24.0 Å². The molecule has 8 nitrogen and oxygen atoms in total. The molecule has 1 heterocycles. The van der Waals surface area contributed by atoms with Crippen LogP contribution in [-0.2, 0) is 14.4 Å². The van der Waals surface area contributed by atoms with Crippen molar-refractivity contribution in [1.82, 2.24) is 10.2 Å². The van der Waals surface area contributed by atoms with Gasteiger partial charge in [-0.3, -0.25) is 14.5 Å². The normalized spacial score (nSPS) is 16.9. The first-order valence-corrected chi connectivity index (χ1v) is 10.9. The lowest BCUT2D eigenvalue weighted by Crippen LogP contribution is -2.46. The van der Waals surface area contributed by atoms with Crippen molar-refractivity contribution in [1.29, 1.82) is 0 Å². The van der Waals surface area contributed by atoms with E-state index in [0.717, 1.165) is 17.3 Å². The molecule has 1 fully saturated rings. The van der Waals surface area contributed by atoms with Gasteiger partial charge in [0.25, 0.3) is 5.91 Å². The fourth-order valence-corrected chi connectivity index (χ4v) is 4.24. The summed E-state index contributed by atoms with van der Waals surface area (Å²) in [5.41, 5.74) is 0.744. The molecule has 10 heteroatoms. The molecule has 0 radical (unpaired) electrons. The Morgan fingerprint density at radius 3 is 2.55 bits per heavy atom. The highest BCUT2D eigenvalue weighted by atomic mass is 32.2. The number of amides is 2. The van der Waals surface area contributed by atoms with Crippen molar-refractivity contribution in [2.45, 2.75) is 32.7 Å². The van der Waals surface area contributed by atoms with E-state index in [0.29, 0.717) is 27.1 Å². The van der Waals surface area contributed by atoms with Crippen LogP contribution in [0.4, 0.5) is 0 Å². The number of benzene rings is 1. The lowest BCUT2D eigenvalue weighted by atomic mass is 9.99. The van der Waals surface area contributed by atoms with E-state index in [9.17, 15) is 19.5 Å². The molecule has 0 aliphatic carbocycles. The summed E-state index contributed by atoms with van der Waals surface area (Å²) in [6.07, 6.45) is 2.27. The number of aliphatic carboxylic acids is 1. The van der Waals surface area contributed by atoms with Crippen molar-refractivity contribution >= 4 is 52.2 Å². The van der Waals surface area contributed by atoms with Crippen LogP contribution < -0.4 is 14.8 Å². The molecule has 0 bridgehead atoms. The number of methoxy groups -OCH3 is 2. The van der Waals surface area contributed by atoms with Crippen molar-refractivity contribution in [2.75, 3.05) is 20.8 Å². The number of carboxylic acids is 1. The standard InChI is InChI=1S/C21H26N2O6S2/c1-5-12(2)18(20(26)27)22-17(24)8-9-23-19(25)16(31-21(23)30)11-13-6-7-14(28-3)15(10-13)29-4/h6-7,10-12,18H,5,8-9H2,1-4H3,(H,22,24)(H,26,27)/b16-11+/t12-,18-/m0/s1. The summed E-state index contributed by atoms with van der Waals surface area (Å²) in [5.74, 6) is -0.901. The van der Waals surface area contributed by atoms with E-state index < -0.39 is 17.9 Å². The molecule has 1 aliphatic heterocycles. The van der Waals surface area contributed by atoms with Gasteiger partial charge in [0, 0.05) is 13.0 Å². The lowest BCUT2D eigenvalue weighted by molar-refractivity contribution is -0.143. The molecule has 0 unspecified atom stereocenters. The molecule has 2 amide bonds. The number of thioether (sulfide) groups is 1. The monoisotopic (exact) mass is 466 g/mol. The first kappa shape index (κ1) is 24.7. The van der Waals surface area contributed by atoms with Crippen LogP contribution in [0.3, 0.4) is 0 Å². The van der Waals surface area contributed by atoms with Crippen LogP contribution in [0.1, 0.15) is 32.3 Å². The Morgan fingerprint density at radius 2 is 1.97 bits per heavy atom. The molecule has 31 heavy (non-hydrogen) atoms. The SMILES string of the molecule is CC[C@H](C)[C@H](NC(=O)CCN1C(=O)/C(=C\c2ccc(OC)c(OC)c2)SC1=S)C(=O)O. The summed E-state index contributed by atoms with van der Waals surface area (Å²) in [6, 6.07) is 4.32. The molecule has 0 spiro atoms. The summed E-state index contributed by atoms with van der Waals surface area (Å²) in [7, 11) is 3.07. The van der Waals surface area contributed by atoms with Gasteiger partial charge in [0.15, 0.2) is 11.5 Å². The van der Waals surface area contributed by atoms with Gasteiger partial charge < -0.3 is 19.9 Å². The average molecular weight is 467 g/mol. The number of ether oxygens (including phenoxy) is 2. The van der Waals surface area contributed by atoms with Gasteiger partial charge in [-0.05, 0) is 29.7 Å². The Kier molecular flexibility index (Phi) is 8.88. The maximum atomic E-state index is 12.8. The molecule has 1 aromatic rings. The van der Waals surface area contributed by atoms with E-state index in [1.165, 1.54) is 12.0 Å². The van der Waals surface area contributed by atoms with E-state index in [2.05, 4.69) is 5.32 Å². The van der Waals surface area contributed by atoms with Crippen LogP contribution in [0, 0.1) is 5.92 Å². The van der Waals surface area contributed by atoms with Gasteiger partial charge in [-0.2, -0.15) is 0 Å². The third kappa shape index (κ3) is 6.20. The molecule has 2 atom stereocenters. The van der Waals surface area contributed by atoms with Crippen molar-refractivity contribution < 1.29 is 29.0 Å². The third-order valence-electron chi connectivity index (χ3n) is 4.94. The zero-order chi connectivity index (χ0) is 23.1. The first-order chi connectivity index (χ1) is 14.7. The molecular formula is C21H26N2O6S2. The molecule has 1 aromatic carbocycles. The van der Waals surface area contributed by atoms with Gasteiger partial charge in [-0.15, -0.1) is 0 Å². The predicted molar refractivity (Wildman–Crippen MR) is 123 cm³/mol. The summed E-state index contributed by atoms with van der Waals surface area (Å²) >= 11 is 6.45. The molecule has 2 rings (SSSR count). The van der Waals surface area contributed by atoms with Crippen molar-refractivity contribution in [3.05, 3.63) is 28.7 Å². The van der Waals surface area contributed by atoms with Crippen molar-refractivity contribution in [3.63, 3.8) is 0 Å². The minimum atomic E-state index is -1.08. The first-order valence-electron chi connectivity index (χ1n) is 9.71. The Balaban J connectivity index is 2.04. The minimum absolute atomic E-state index is 0.0453. The maximum absolute atomic E-state index is 12.8. The summed E-state index contributed by atoms with van der Waals surface area (Å²) in [5, 5.41) is 11.8. The second-order valence-electron chi connectivity index (χ2n) is 6.97. The number of rotatable bonds is 10. The van der Waals surface area contributed by atoms with E-state index in [4.69, 9.17) is 21.7 Å². The minimum Gasteiger partial charge on any atom is -0.493 e. The summed E-state index contributed by atoms with van der Waals surface area (Å²) in [4.78, 5) is 38.2. The maximum Gasteiger partial charge on any atom is 0.326 e. The summed E-state index contributed by atoms with van der Waals surface area (Å²) < 4.78 is 10.8. The Labute approximate surface area is 191 Å². The highest BCUT2D eigenvalue weighted by molar-refractivity contribution is 8.26. The fourth-order valence-electron chi connectivity index (χ4n) is 2.93. The number of carboxylic acid groups (broad SMARTS) is 1. The lowest BCUT2D eigenvalue weighted by Gasteiger charge is -2.21. The Bertz CT molecular complexity index is 902. The van der Waals surface area contributed by atoms with Gasteiger partial charge >= 0.3 is 5.97 Å². The van der Waals surface area contributed by atoms with Crippen LogP contribution in [0.5, 0.6) is 11.5 Å². The average Bonchev–Trinajstić information content (AvgIpc) is 3.01. The molecular weight excluding hydrogens is 440 g/mol. The quantitative estimate of drug-likeness (QED) is 0.401. The van der Waals surface area contributed by atoms with E-state index in [1.807, 2.05) is 6.92 Å². The topological polar surface area (TPSA) is 105 Å². The molecule has 168 valence electrons. The number of hydrogen-bond donors (Lipinski definition) is 2. The van der Waals surface area contributed by atoms with E-state index >= 15 is 0 Å². The van der Waals surface area contributed by atoms with Crippen LogP contribution in [0.15, 0.2) is 23.1 Å². The van der Waals surface area contributed by atoms with Gasteiger partial charge in [-0.25, -0.2) is 4.79 Å². The molecule has 1 saturated heterocycles. The number of nitrogens with one attached hydrogen (secondary N) is 1. The van der Waals surface area contributed by atoms with E-state index in [1.54, 1.807) is 38.3 Å². The van der Waals surface area contributed by atoms with Crippen molar-refractivity contribution in [2.24, 2.45) is 5.92 Å². The summed E-state index contributed by atoms with van der Waals surface area (Å²) in [6.45, 7) is 3.70. The van der Waals surface area contributed by atoms with Gasteiger partial charge in [-0.1, -0.05) is 50.3 Å². The second kappa shape index (κ2) is 11.1. The highest BCUT2D eigenvalue weighted by Gasteiger charge is 2.33. The molecule has 1 aliphatic rings. The number of thiocarbonyl (C=S) groups is 1. The van der Waals surface area contributed by atoms with Crippen LogP contribution in [-0.4, -0.2) is 58.9 Å². The third-order valence-corrected chi connectivity index (χ3v) is 6.31. The number of nitrogens with zero attached hydrogens (tertiary/aromatic N) is 1. The Morgan fingerprint density at radius 1 is 1.29 bits per heavy atom. The fraction of sp³-hybridized carbons (Fsp3) is 0.429. The van der Waals surface area contributed by atoms with Gasteiger partial charge in [0.2, 0.25) is 5.91 Å². The molecule has 2 N–H and O–H groups in total. The number of carbonyl (C=O) groups is 3. The number of carbonyl (C=O) groups excluding carboxylic acids is 2. The largest absolute Gasteiger partial charge is 0.493 e. The zero-order valence-electron chi connectivity index (χ0n) is 17.8. The Hall–Kier alpha value is -2.59. The number of hydrogen-bond acceptors (Lipinski definition) is 7. The smallest absolute Gasteiger partial charge is 0.326 e. The van der Waals surface area contributed by atoms with E-state index in [-0.39, 0.29) is 24.8 Å². The van der Waals surface area contributed by atoms with Crippen LogP contribution in [0.25, 0.3) is 6.08 Å². The predicted octanol–water partition coefficient (Wildman–Crippen LogP) is 2.91. The van der Waals surface area contributed by atoms with Crippen LogP contribution in [0.2, 0.25) is 0 Å². The zero-order valence-corrected chi connectivity index (χ0v) is 19.5. The van der Waals surface area contributed by atoms with Gasteiger partial charge in [0.1, 0.15) is 10.4 Å². The molecule has 0 saturated carbocycles.